The maximum Gasteiger partial charge on any atom is 0.125 e. The summed E-state index contributed by atoms with van der Waals surface area (Å²) in [6.45, 7) is 2.02. The minimum atomic E-state index is 0.976. The number of hydrogen-bond donors (Lipinski definition) is 0. The molecule has 0 spiro atoms. The minimum Gasteiger partial charge on any atom is -0.346 e. The Bertz CT molecular complexity index is 50.0. The van der Waals surface area contributed by atoms with E-state index in [2.05, 4.69) is 9.78 Å². The van der Waals surface area contributed by atoms with E-state index in [1.54, 1.807) is 0 Å². The molecule has 0 rings (SSSR count). The Kier molecular flexibility index (Phi) is 5.11. The zero-order valence-corrected chi connectivity index (χ0v) is 4.68. The van der Waals surface area contributed by atoms with Crippen molar-refractivity contribution in [2.75, 3.05) is 7.11 Å². The summed E-state index contributed by atoms with van der Waals surface area (Å²) >= 11 is 0. The molecule has 0 bridgehead atoms. The second kappa shape index (κ2) is 5.50. The molecule has 0 aromatic heterocycles. The molecule has 0 radical (unpaired) electrons. The van der Waals surface area contributed by atoms with E-state index < -0.39 is 0 Å². The molecule has 42 valence electrons. The molecular formula is C5H10O2. The van der Waals surface area contributed by atoms with Crippen LogP contribution in [-0.4, -0.2) is 7.11 Å². The van der Waals surface area contributed by atoms with Gasteiger partial charge in [0, 0.05) is 0 Å². The summed E-state index contributed by atoms with van der Waals surface area (Å²) < 4.78 is 0. The smallest absolute Gasteiger partial charge is 0.125 e. The first-order valence-electron chi connectivity index (χ1n) is 2.26. The average molecular weight is 102 g/mol. The van der Waals surface area contributed by atoms with Gasteiger partial charge in [0.15, 0.2) is 0 Å². The molecule has 0 saturated heterocycles. The minimum absolute atomic E-state index is 0.976. The molecule has 0 aromatic carbocycles. The van der Waals surface area contributed by atoms with Crippen LogP contribution in [0.4, 0.5) is 0 Å². The molecule has 0 N–H and O–H groups in total. The Labute approximate surface area is 43.7 Å². The maximum absolute atomic E-state index is 4.39. The molecule has 0 amide bonds. The highest BCUT2D eigenvalue weighted by Crippen LogP contribution is 1.79. The van der Waals surface area contributed by atoms with Crippen molar-refractivity contribution in [3.8, 4) is 0 Å². The number of hydrogen-bond acceptors (Lipinski definition) is 2. The highest BCUT2D eigenvalue weighted by Gasteiger charge is 1.65. The van der Waals surface area contributed by atoms with Crippen molar-refractivity contribution in [2.24, 2.45) is 0 Å². The van der Waals surface area contributed by atoms with Crippen LogP contribution < -0.4 is 0 Å². The first-order chi connectivity index (χ1) is 3.41. The SMILES string of the molecule is CCC=COOC. The third-order valence-electron chi connectivity index (χ3n) is 0.484. The number of allylic oxidation sites excluding steroid dienone is 1. The van der Waals surface area contributed by atoms with E-state index in [1.807, 2.05) is 13.0 Å². The molecule has 2 heteroatoms. The Morgan fingerprint density at radius 2 is 2.29 bits per heavy atom. The molecule has 0 unspecified atom stereocenters. The fourth-order valence-electron chi connectivity index (χ4n) is 0.191. The quantitative estimate of drug-likeness (QED) is 0.305. The molecule has 0 aromatic rings. The molecule has 0 fully saturated rings. The lowest BCUT2D eigenvalue weighted by Crippen LogP contribution is -1.74. The van der Waals surface area contributed by atoms with Gasteiger partial charge in [-0.3, -0.25) is 0 Å². The summed E-state index contributed by atoms with van der Waals surface area (Å²) in [5, 5.41) is 0. The van der Waals surface area contributed by atoms with Crippen LogP contribution in [0.25, 0.3) is 0 Å². The molecule has 0 aliphatic rings. The molecule has 2 nitrogen and oxygen atoms in total. The van der Waals surface area contributed by atoms with Crippen LogP contribution in [-0.2, 0) is 9.78 Å². The zero-order valence-electron chi connectivity index (χ0n) is 4.68. The summed E-state index contributed by atoms with van der Waals surface area (Å²) in [6, 6.07) is 0. The summed E-state index contributed by atoms with van der Waals surface area (Å²) in [6.07, 6.45) is 4.35. The fourth-order valence-corrected chi connectivity index (χ4v) is 0.191. The van der Waals surface area contributed by atoms with Gasteiger partial charge in [-0.2, -0.15) is 4.89 Å². The Morgan fingerprint density at radius 1 is 1.57 bits per heavy atom. The van der Waals surface area contributed by atoms with Gasteiger partial charge in [-0.15, -0.1) is 0 Å². The number of rotatable bonds is 3. The molecule has 0 atom stereocenters. The van der Waals surface area contributed by atoms with Gasteiger partial charge in [0.05, 0.1) is 7.11 Å². The Balaban J connectivity index is 2.78. The first-order valence-corrected chi connectivity index (χ1v) is 2.26. The van der Waals surface area contributed by atoms with E-state index in [9.17, 15) is 0 Å². The van der Waals surface area contributed by atoms with E-state index in [4.69, 9.17) is 0 Å². The van der Waals surface area contributed by atoms with Gasteiger partial charge in [-0.05, 0) is 12.5 Å². The van der Waals surface area contributed by atoms with Crippen molar-refractivity contribution in [2.45, 2.75) is 13.3 Å². The van der Waals surface area contributed by atoms with Gasteiger partial charge in [0.1, 0.15) is 6.26 Å². The van der Waals surface area contributed by atoms with Gasteiger partial charge in [0.2, 0.25) is 0 Å². The molecule has 0 saturated carbocycles. The van der Waals surface area contributed by atoms with Crippen molar-refractivity contribution in [3.63, 3.8) is 0 Å². The van der Waals surface area contributed by atoms with Crippen molar-refractivity contribution < 1.29 is 9.78 Å². The highest BCUT2D eigenvalue weighted by molar-refractivity contribution is 4.68. The lowest BCUT2D eigenvalue weighted by molar-refractivity contribution is -0.222. The zero-order chi connectivity index (χ0) is 5.54. The van der Waals surface area contributed by atoms with Gasteiger partial charge in [0.25, 0.3) is 0 Å². The van der Waals surface area contributed by atoms with E-state index >= 15 is 0 Å². The summed E-state index contributed by atoms with van der Waals surface area (Å²) in [5.74, 6) is 0. The predicted octanol–water partition coefficient (Wildman–Crippen LogP) is 1.49. The fraction of sp³-hybridized carbons (Fsp3) is 0.600. The summed E-state index contributed by atoms with van der Waals surface area (Å²) in [7, 11) is 1.47. The van der Waals surface area contributed by atoms with Crippen LogP contribution >= 0.6 is 0 Å². The van der Waals surface area contributed by atoms with Crippen molar-refractivity contribution >= 4 is 0 Å². The van der Waals surface area contributed by atoms with E-state index in [1.165, 1.54) is 13.4 Å². The molecule has 0 heterocycles. The van der Waals surface area contributed by atoms with Crippen LogP contribution in [0.15, 0.2) is 12.3 Å². The molecule has 0 aliphatic carbocycles. The van der Waals surface area contributed by atoms with Crippen molar-refractivity contribution in [1.82, 2.24) is 0 Å². The Morgan fingerprint density at radius 3 is 2.71 bits per heavy atom. The van der Waals surface area contributed by atoms with Crippen LogP contribution in [0.2, 0.25) is 0 Å². The van der Waals surface area contributed by atoms with E-state index in [0.29, 0.717) is 0 Å². The second-order valence-electron chi connectivity index (χ2n) is 1.04. The lowest BCUT2D eigenvalue weighted by atomic mass is 10.5. The van der Waals surface area contributed by atoms with Crippen LogP contribution in [0.5, 0.6) is 0 Å². The molecular weight excluding hydrogens is 92.1 g/mol. The van der Waals surface area contributed by atoms with Crippen molar-refractivity contribution in [3.05, 3.63) is 12.3 Å². The van der Waals surface area contributed by atoms with E-state index in [-0.39, 0.29) is 0 Å². The Hall–Kier alpha value is -0.500. The first kappa shape index (κ1) is 6.50. The van der Waals surface area contributed by atoms with E-state index in [0.717, 1.165) is 6.42 Å². The molecule has 0 aliphatic heterocycles. The van der Waals surface area contributed by atoms with Gasteiger partial charge < -0.3 is 4.89 Å². The molecule has 7 heavy (non-hydrogen) atoms. The standard InChI is InChI=1S/C5H10O2/c1-3-4-5-7-6-2/h4-5H,3H2,1-2H3. The average Bonchev–Trinajstić information content (AvgIpc) is 1.69. The lowest BCUT2D eigenvalue weighted by Gasteiger charge is -1.87. The van der Waals surface area contributed by atoms with Gasteiger partial charge in [-0.1, -0.05) is 6.92 Å². The second-order valence-corrected chi connectivity index (χ2v) is 1.04. The topological polar surface area (TPSA) is 18.5 Å². The van der Waals surface area contributed by atoms with Gasteiger partial charge >= 0.3 is 0 Å². The highest BCUT2D eigenvalue weighted by atomic mass is 17.2. The maximum atomic E-state index is 4.39. The van der Waals surface area contributed by atoms with Crippen LogP contribution in [0.3, 0.4) is 0 Å². The predicted molar refractivity (Wildman–Crippen MR) is 27.5 cm³/mol. The van der Waals surface area contributed by atoms with Gasteiger partial charge in [-0.25, -0.2) is 0 Å². The summed E-state index contributed by atoms with van der Waals surface area (Å²) in [4.78, 5) is 8.65. The largest absolute Gasteiger partial charge is 0.346 e. The third-order valence-corrected chi connectivity index (χ3v) is 0.484. The monoisotopic (exact) mass is 102 g/mol. The van der Waals surface area contributed by atoms with Crippen molar-refractivity contribution in [1.29, 1.82) is 0 Å². The third kappa shape index (κ3) is 5.50. The van der Waals surface area contributed by atoms with Crippen LogP contribution in [0.1, 0.15) is 13.3 Å². The normalized spacial score (nSPS) is 10.0. The summed E-state index contributed by atoms with van der Waals surface area (Å²) in [5.41, 5.74) is 0. The van der Waals surface area contributed by atoms with Crippen LogP contribution in [0, 0.1) is 0 Å².